The normalized spacial score (nSPS) is 10.2. The van der Waals surface area contributed by atoms with E-state index in [0.29, 0.717) is 0 Å². The van der Waals surface area contributed by atoms with Crippen molar-refractivity contribution in [1.29, 1.82) is 0 Å². The van der Waals surface area contributed by atoms with Gasteiger partial charge in [-0.1, -0.05) is 22.0 Å². The number of rotatable bonds is 1. The quantitative estimate of drug-likeness (QED) is 0.758. The van der Waals surface area contributed by atoms with Gasteiger partial charge in [0.25, 0.3) is 6.20 Å². The number of nitrogens with zero attached hydrogens (tertiary/aromatic N) is 1. The molecule has 0 atom stereocenters. The highest BCUT2D eigenvalue weighted by Gasteiger charge is 2.09. The maximum atomic E-state index is 10.7. The Labute approximate surface area is 81.9 Å². The van der Waals surface area contributed by atoms with Crippen molar-refractivity contribution in [3.8, 4) is 5.69 Å². The largest absolute Gasteiger partial charge is 0.427 e. The van der Waals surface area contributed by atoms with E-state index in [4.69, 9.17) is 0 Å². The van der Waals surface area contributed by atoms with Gasteiger partial charge in [0, 0.05) is 16.6 Å². The van der Waals surface area contributed by atoms with Crippen molar-refractivity contribution in [3.05, 3.63) is 45.4 Å². The summed E-state index contributed by atoms with van der Waals surface area (Å²) >= 11 is 3.33. The van der Waals surface area contributed by atoms with Crippen molar-refractivity contribution in [2.45, 2.75) is 0 Å². The van der Waals surface area contributed by atoms with E-state index in [2.05, 4.69) is 25.7 Å². The van der Waals surface area contributed by atoms with Gasteiger partial charge in [-0.25, -0.2) is 4.79 Å². The number of aromatic nitrogens is 2. The highest BCUT2D eigenvalue weighted by Crippen LogP contribution is 2.10. The molecule has 1 heterocycles. The summed E-state index contributed by atoms with van der Waals surface area (Å²) in [7, 11) is 0. The summed E-state index contributed by atoms with van der Waals surface area (Å²) in [5.74, 6) is 0. The summed E-state index contributed by atoms with van der Waals surface area (Å²) in [6.07, 6.45) is 1.34. The third-order valence-electron chi connectivity index (χ3n) is 1.57. The number of nitrogens with one attached hydrogen (secondary N) is 1. The monoisotopic (exact) mass is 241 g/mol. The summed E-state index contributed by atoms with van der Waals surface area (Å²) in [4.78, 5) is 10.7. The number of H-pyrrole nitrogens is 1. The maximum absolute atomic E-state index is 10.7. The van der Waals surface area contributed by atoms with E-state index in [9.17, 15) is 4.79 Å². The molecular weight excluding hydrogens is 236 g/mol. The minimum atomic E-state index is -0.403. The molecule has 1 aromatic heterocycles. The van der Waals surface area contributed by atoms with Gasteiger partial charge in [-0.05, 0) is 16.0 Å². The van der Waals surface area contributed by atoms with Gasteiger partial charge in [-0.2, -0.15) is 0 Å². The molecule has 2 aromatic rings. The molecule has 0 bridgehead atoms. The molecule has 1 aromatic carbocycles. The van der Waals surface area contributed by atoms with E-state index >= 15 is 0 Å². The SMILES string of the molecule is O=c1c[n+](-c2cccc(Br)c2)[nH]o1. The number of halogens is 1. The van der Waals surface area contributed by atoms with Gasteiger partial charge in [0.15, 0.2) is 0 Å². The van der Waals surface area contributed by atoms with Crippen LogP contribution in [-0.4, -0.2) is 5.27 Å². The third kappa shape index (κ3) is 1.70. The summed E-state index contributed by atoms with van der Waals surface area (Å²) < 4.78 is 6.98. The molecule has 1 N–H and O–H groups in total. The molecule has 0 aliphatic heterocycles. The van der Waals surface area contributed by atoms with Gasteiger partial charge < -0.3 is 0 Å². The van der Waals surface area contributed by atoms with E-state index in [1.165, 1.54) is 10.9 Å². The predicted octanol–water partition coefficient (Wildman–Crippen LogP) is 1.01. The molecule has 0 radical (unpaired) electrons. The van der Waals surface area contributed by atoms with E-state index < -0.39 is 5.63 Å². The van der Waals surface area contributed by atoms with Crippen LogP contribution >= 0.6 is 15.9 Å². The molecule has 0 saturated heterocycles. The molecule has 13 heavy (non-hydrogen) atoms. The predicted molar refractivity (Wildman–Crippen MR) is 48.6 cm³/mol. The van der Waals surface area contributed by atoms with Crippen molar-refractivity contribution in [2.24, 2.45) is 0 Å². The number of hydrogen-bond donors (Lipinski definition) is 1. The van der Waals surface area contributed by atoms with Gasteiger partial charge in [-0.3, -0.25) is 4.52 Å². The first-order valence-corrected chi connectivity index (χ1v) is 4.41. The topological polar surface area (TPSA) is 49.9 Å². The smallest absolute Gasteiger partial charge is 0.283 e. The third-order valence-corrected chi connectivity index (χ3v) is 2.06. The fraction of sp³-hybridized carbons (Fsp3) is 0. The van der Waals surface area contributed by atoms with E-state index in [1.807, 2.05) is 24.3 Å². The second kappa shape index (κ2) is 3.18. The van der Waals surface area contributed by atoms with Crippen LogP contribution in [-0.2, 0) is 0 Å². The lowest BCUT2D eigenvalue weighted by molar-refractivity contribution is -0.670. The number of aromatic amines is 1. The van der Waals surface area contributed by atoms with E-state index in [0.717, 1.165) is 10.2 Å². The zero-order valence-electron chi connectivity index (χ0n) is 6.53. The Bertz CT molecular complexity index is 475. The van der Waals surface area contributed by atoms with Gasteiger partial charge in [-0.15, -0.1) is 0 Å². The van der Waals surface area contributed by atoms with Crippen LogP contribution in [0.4, 0.5) is 0 Å². The average molecular weight is 242 g/mol. The summed E-state index contributed by atoms with van der Waals surface area (Å²) in [5.41, 5.74) is 0.431. The molecule has 0 unspecified atom stereocenters. The second-order valence-corrected chi connectivity index (χ2v) is 3.41. The minimum absolute atomic E-state index is 0.403. The Balaban J connectivity index is 2.52. The van der Waals surface area contributed by atoms with Crippen molar-refractivity contribution >= 4 is 15.9 Å². The molecule has 0 amide bonds. The molecule has 4 nitrogen and oxygen atoms in total. The van der Waals surface area contributed by atoms with Gasteiger partial charge in [0.1, 0.15) is 0 Å². The molecule has 0 fully saturated rings. The Morgan fingerprint density at radius 1 is 1.46 bits per heavy atom. The van der Waals surface area contributed by atoms with Crippen molar-refractivity contribution in [2.75, 3.05) is 0 Å². The Kier molecular flexibility index (Phi) is 2.02. The van der Waals surface area contributed by atoms with Gasteiger partial charge in [0.2, 0.25) is 5.69 Å². The van der Waals surface area contributed by atoms with Crippen LogP contribution in [0.25, 0.3) is 5.69 Å². The van der Waals surface area contributed by atoms with Crippen LogP contribution in [0, 0.1) is 0 Å². The van der Waals surface area contributed by atoms with Crippen LogP contribution in [0.15, 0.2) is 44.3 Å². The fourth-order valence-corrected chi connectivity index (χ4v) is 1.39. The lowest BCUT2D eigenvalue weighted by Crippen LogP contribution is -2.31. The highest BCUT2D eigenvalue weighted by molar-refractivity contribution is 9.10. The Hall–Kier alpha value is -1.36. The zero-order valence-corrected chi connectivity index (χ0v) is 8.11. The minimum Gasteiger partial charge on any atom is -0.283 e. The van der Waals surface area contributed by atoms with Crippen molar-refractivity contribution in [1.82, 2.24) is 5.27 Å². The van der Waals surface area contributed by atoms with Crippen LogP contribution in [0.5, 0.6) is 0 Å². The lowest BCUT2D eigenvalue weighted by atomic mass is 10.3. The van der Waals surface area contributed by atoms with Crippen LogP contribution in [0.2, 0.25) is 0 Å². The van der Waals surface area contributed by atoms with Crippen LogP contribution < -0.4 is 10.3 Å². The molecule has 0 aliphatic carbocycles. The highest BCUT2D eigenvalue weighted by atomic mass is 79.9. The first-order chi connectivity index (χ1) is 6.25. The maximum Gasteiger partial charge on any atom is 0.427 e. The molecule has 0 saturated carbocycles. The van der Waals surface area contributed by atoms with Crippen molar-refractivity contribution in [3.63, 3.8) is 0 Å². The lowest BCUT2D eigenvalue weighted by Gasteiger charge is -1.89. The van der Waals surface area contributed by atoms with Gasteiger partial charge >= 0.3 is 5.63 Å². The molecule has 0 aliphatic rings. The number of benzene rings is 1. The van der Waals surface area contributed by atoms with Crippen LogP contribution in [0.1, 0.15) is 0 Å². The van der Waals surface area contributed by atoms with E-state index in [-0.39, 0.29) is 0 Å². The standard InChI is InChI=1S/C8H5BrN2O2/c9-6-2-1-3-7(4-6)11-5-8(12)13-10-11/h1-5H/p+1. The molecule has 0 spiro atoms. The van der Waals surface area contributed by atoms with Gasteiger partial charge in [0.05, 0.1) is 0 Å². The first-order valence-electron chi connectivity index (χ1n) is 3.62. The first kappa shape index (κ1) is 8.25. The second-order valence-electron chi connectivity index (χ2n) is 2.49. The Morgan fingerprint density at radius 2 is 2.31 bits per heavy atom. The average Bonchev–Trinajstić information content (AvgIpc) is 2.52. The molecule has 66 valence electrons. The molecule has 2 rings (SSSR count). The summed E-state index contributed by atoms with van der Waals surface area (Å²) in [5, 5.41) is 2.46. The fourth-order valence-electron chi connectivity index (χ4n) is 1.01. The zero-order chi connectivity index (χ0) is 9.26. The number of hydrogen-bond acceptors (Lipinski definition) is 2. The van der Waals surface area contributed by atoms with Crippen LogP contribution in [0.3, 0.4) is 0 Å². The Morgan fingerprint density at radius 3 is 2.92 bits per heavy atom. The molecule has 5 heteroatoms. The van der Waals surface area contributed by atoms with Crippen molar-refractivity contribution < 1.29 is 9.20 Å². The summed E-state index contributed by atoms with van der Waals surface area (Å²) in [6.45, 7) is 0. The van der Waals surface area contributed by atoms with E-state index in [1.54, 1.807) is 0 Å². The summed E-state index contributed by atoms with van der Waals surface area (Å²) in [6, 6.07) is 7.50. The molecular formula is C8H6BrN2O2+.